The number of nitrogens with zero attached hydrogens (tertiary/aromatic N) is 1. The second-order valence-corrected chi connectivity index (χ2v) is 3.04. The van der Waals surface area contributed by atoms with Crippen LogP contribution in [0.25, 0.3) is 0 Å². The zero-order valence-corrected chi connectivity index (χ0v) is 7.85. The van der Waals surface area contributed by atoms with Crippen LogP contribution in [0.4, 0.5) is 11.6 Å². The molecule has 4 heteroatoms. The Morgan fingerprint density at radius 2 is 2.36 bits per heavy atom. The fourth-order valence-corrected chi connectivity index (χ4v) is 1.24. The molecule has 1 aromatic heterocycles. The van der Waals surface area contributed by atoms with Gasteiger partial charge in [0.1, 0.15) is 11.6 Å². The molecule has 0 aliphatic carbocycles. The van der Waals surface area contributed by atoms with E-state index in [4.69, 9.17) is 5.73 Å². The summed E-state index contributed by atoms with van der Waals surface area (Å²) in [5, 5.41) is 3.07. The Hall–Kier alpha value is -0.770. The third-order valence-electron chi connectivity index (χ3n) is 1.17. The van der Waals surface area contributed by atoms with Crippen LogP contribution in [0.5, 0.6) is 0 Å². The van der Waals surface area contributed by atoms with Crippen molar-refractivity contribution in [2.75, 3.05) is 17.6 Å². The number of anilines is 2. The number of hydrogen-bond donors (Lipinski definition) is 2. The third kappa shape index (κ3) is 2.38. The number of nitrogens with one attached hydrogen (secondary N) is 1. The van der Waals surface area contributed by atoms with Gasteiger partial charge in [-0.3, -0.25) is 0 Å². The number of nitrogen functional groups attached to an aromatic ring is 1. The van der Waals surface area contributed by atoms with Crippen molar-refractivity contribution in [2.45, 2.75) is 6.92 Å². The van der Waals surface area contributed by atoms with Crippen molar-refractivity contribution in [3.63, 3.8) is 0 Å². The van der Waals surface area contributed by atoms with Gasteiger partial charge in [0, 0.05) is 11.0 Å². The summed E-state index contributed by atoms with van der Waals surface area (Å²) in [7, 11) is 0. The van der Waals surface area contributed by atoms with E-state index in [2.05, 4.69) is 26.2 Å². The maximum absolute atomic E-state index is 5.51. The maximum atomic E-state index is 5.51. The van der Waals surface area contributed by atoms with Gasteiger partial charge in [-0.1, -0.05) is 15.9 Å². The molecule has 60 valence electrons. The van der Waals surface area contributed by atoms with Crippen molar-refractivity contribution in [3.05, 3.63) is 16.6 Å². The van der Waals surface area contributed by atoms with Crippen molar-refractivity contribution < 1.29 is 0 Å². The van der Waals surface area contributed by atoms with Gasteiger partial charge in [-0.2, -0.15) is 0 Å². The van der Waals surface area contributed by atoms with E-state index in [1.165, 1.54) is 0 Å². The van der Waals surface area contributed by atoms with Crippen LogP contribution in [0.3, 0.4) is 0 Å². The summed E-state index contributed by atoms with van der Waals surface area (Å²) < 4.78 is 0.945. The molecular weight excluding hydrogens is 206 g/mol. The van der Waals surface area contributed by atoms with Crippen molar-refractivity contribution in [1.82, 2.24) is 4.98 Å². The van der Waals surface area contributed by atoms with E-state index in [-0.39, 0.29) is 0 Å². The van der Waals surface area contributed by atoms with Crippen LogP contribution in [0.1, 0.15) is 6.92 Å². The highest BCUT2D eigenvalue weighted by Crippen LogP contribution is 2.16. The molecule has 1 aromatic rings. The summed E-state index contributed by atoms with van der Waals surface area (Å²) in [4.78, 5) is 4.06. The highest BCUT2D eigenvalue weighted by Gasteiger charge is 1.95. The quantitative estimate of drug-likeness (QED) is 0.793. The lowest BCUT2D eigenvalue weighted by atomic mass is 10.4. The first-order valence-corrected chi connectivity index (χ1v) is 4.18. The molecule has 0 aliphatic heterocycles. The second kappa shape index (κ2) is 3.57. The highest BCUT2D eigenvalue weighted by molar-refractivity contribution is 9.10. The standard InChI is InChI=1S/C7H10BrN3/c1-2-10-7-4-5(8)3-6(9)11-7/h3-4H,2H2,1H3,(H3,9,10,11). The van der Waals surface area contributed by atoms with Gasteiger partial charge >= 0.3 is 0 Å². The fraction of sp³-hybridized carbons (Fsp3) is 0.286. The topological polar surface area (TPSA) is 50.9 Å². The van der Waals surface area contributed by atoms with Gasteiger partial charge in [0.05, 0.1) is 0 Å². The van der Waals surface area contributed by atoms with Crippen molar-refractivity contribution in [3.8, 4) is 0 Å². The molecule has 3 nitrogen and oxygen atoms in total. The van der Waals surface area contributed by atoms with Crippen LogP contribution in [0.2, 0.25) is 0 Å². The second-order valence-electron chi connectivity index (χ2n) is 2.13. The molecule has 3 N–H and O–H groups in total. The fourth-order valence-electron chi connectivity index (χ4n) is 0.789. The Bertz CT molecular complexity index is 229. The Morgan fingerprint density at radius 3 is 2.91 bits per heavy atom. The minimum atomic E-state index is 0.523. The molecule has 0 unspecified atom stereocenters. The van der Waals surface area contributed by atoms with E-state index in [1.54, 1.807) is 6.07 Å². The third-order valence-corrected chi connectivity index (χ3v) is 1.63. The molecular formula is C7H10BrN3. The lowest BCUT2D eigenvalue weighted by Gasteiger charge is -2.02. The van der Waals surface area contributed by atoms with Crippen LogP contribution in [-0.2, 0) is 0 Å². The normalized spacial score (nSPS) is 9.64. The molecule has 0 radical (unpaired) electrons. The van der Waals surface area contributed by atoms with Crippen LogP contribution in [0.15, 0.2) is 16.6 Å². The Morgan fingerprint density at radius 1 is 1.64 bits per heavy atom. The van der Waals surface area contributed by atoms with Gasteiger partial charge in [-0.05, 0) is 19.1 Å². The van der Waals surface area contributed by atoms with Gasteiger partial charge in [-0.25, -0.2) is 4.98 Å². The molecule has 1 rings (SSSR count). The number of pyridine rings is 1. The van der Waals surface area contributed by atoms with Crippen molar-refractivity contribution in [1.29, 1.82) is 0 Å². The zero-order valence-electron chi connectivity index (χ0n) is 6.26. The SMILES string of the molecule is CCNc1cc(Br)cc(N)n1. The van der Waals surface area contributed by atoms with E-state index in [0.29, 0.717) is 5.82 Å². The van der Waals surface area contributed by atoms with E-state index >= 15 is 0 Å². The first-order valence-electron chi connectivity index (χ1n) is 3.39. The van der Waals surface area contributed by atoms with E-state index < -0.39 is 0 Å². The number of halogens is 1. The smallest absolute Gasteiger partial charge is 0.129 e. The lowest BCUT2D eigenvalue weighted by molar-refractivity contribution is 1.16. The largest absolute Gasteiger partial charge is 0.384 e. The van der Waals surface area contributed by atoms with Crippen LogP contribution in [-0.4, -0.2) is 11.5 Å². The summed E-state index contributed by atoms with van der Waals surface area (Å²) in [6, 6.07) is 3.65. The van der Waals surface area contributed by atoms with Gasteiger partial charge < -0.3 is 11.1 Å². The Balaban J connectivity index is 2.89. The first-order chi connectivity index (χ1) is 5.22. The Labute approximate surface area is 74.1 Å². The van der Waals surface area contributed by atoms with Gasteiger partial charge in [0.25, 0.3) is 0 Å². The maximum Gasteiger partial charge on any atom is 0.129 e. The molecule has 0 amide bonds. The number of aromatic nitrogens is 1. The highest BCUT2D eigenvalue weighted by atomic mass is 79.9. The van der Waals surface area contributed by atoms with Gasteiger partial charge in [0.15, 0.2) is 0 Å². The number of nitrogens with two attached hydrogens (primary N) is 1. The van der Waals surface area contributed by atoms with Crippen molar-refractivity contribution in [2.24, 2.45) is 0 Å². The predicted molar refractivity (Wildman–Crippen MR) is 50.5 cm³/mol. The minimum Gasteiger partial charge on any atom is -0.384 e. The average molecular weight is 216 g/mol. The predicted octanol–water partition coefficient (Wildman–Crippen LogP) is 1.86. The monoisotopic (exact) mass is 215 g/mol. The van der Waals surface area contributed by atoms with Gasteiger partial charge in [-0.15, -0.1) is 0 Å². The van der Waals surface area contributed by atoms with Crippen LogP contribution >= 0.6 is 15.9 Å². The number of hydrogen-bond acceptors (Lipinski definition) is 3. The summed E-state index contributed by atoms with van der Waals surface area (Å²) in [5.74, 6) is 1.33. The molecule has 0 saturated carbocycles. The lowest BCUT2D eigenvalue weighted by Crippen LogP contribution is -2.01. The van der Waals surface area contributed by atoms with E-state index in [1.807, 2.05) is 13.0 Å². The minimum absolute atomic E-state index is 0.523. The van der Waals surface area contributed by atoms with Gasteiger partial charge in [0.2, 0.25) is 0 Å². The molecule has 11 heavy (non-hydrogen) atoms. The number of rotatable bonds is 2. The molecule has 0 fully saturated rings. The molecule has 0 bridgehead atoms. The van der Waals surface area contributed by atoms with Crippen LogP contribution in [0, 0.1) is 0 Å². The molecule has 0 aromatic carbocycles. The Kier molecular flexibility index (Phi) is 2.70. The molecule has 1 heterocycles. The summed E-state index contributed by atoms with van der Waals surface area (Å²) in [5.41, 5.74) is 5.51. The van der Waals surface area contributed by atoms with E-state index in [9.17, 15) is 0 Å². The molecule has 0 spiro atoms. The first kappa shape index (κ1) is 8.33. The van der Waals surface area contributed by atoms with E-state index in [0.717, 1.165) is 16.8 Å². The van der Waals surface area contributed by atoms with Crippen LogP contribution < -0.4 is 11.1 Å². The average Bonchev–Trinajstić information content (AvgIpc) is 1.85. The summed E-state index contributed by atoms with van der Waals surface area (Å²) in [6.07, 6.45) is 0. The van der Waals surface area contributed by atoms with Crippen molar-refractivity contribution >= 4 is 27.6 Å². The summed E-state index contributed by atoms with van der Waals surface area (Å²) in [6.45, 7) is 2.86. The molecule has 0 atom stereocenters. The molecule has 0 saturated heterocycles. The zero-order chi connectivity index (χ0) is 8.27. The molecule has 0 aliphatic rings. The summed E-state index contributed by atoms with van der Waals surface area (Å²) >= 11 is 3.32.